The highest BCUT2D eigenvalue weighted by Gasteiger charge is 2.10. The lowest BCUT2D eigenvalue weighted by Crippen LogP contribution is -2.21. The minimum atomic E-state index is 0.910. The van der Waals surface area contributed by atoms with Crippen molar-refractivity contribution < 1.29 is 0 Å². The highest BCUT2D eigenvalue weighted by Crippen LogP contribution is 2.26. The van der Waals surface area contributed by atoms with Crippen LogP contribution >= 0.6 is 0 Å². The molecule has 0 aliphatic heterocycles. The molecule has 0 unspecified atom stereocenters. The van der Waals surface area contributed by atoms with Gasteiger partial charge in [-0.1, -0.05) is 65.9 Å². The van der Waals surface area contributed by atoms with Crippen LogP contribution in [0.4, 0.5) is 11.4 Å². The van der Waals surface area contributed by atoms with E-state index in [0.717, 1.165) is 16.8 Å². The summed E-state index contributed by atoms with van der Waals surface area (Å²) in [6, 6.07) is 29.9. The molecule has 0 bridgehead atoms. The lowest BCUT2D eigenvalue weighted by Gasteiger charge is -2.26. The summed E-state index contributed by atoms with van der Waals surface area (Å²) in [5.41, 5.74) is 3.87. The van der Waals surface area contributed by atoms with Crippen molar-refractivity contribution in [3.8, 4) is 0 Å². The zero-order valence-electron chi connectivity index (χ0n) is 12.2. The third kappa shape index (κ3) is 3.23. The van der Waals surface area contributed by atoms with Gasteiger partial charge in [-0.25, -0.2) is 0 Å². The van der Waals surface area contributed by atoms with Crippen LogP contribution in [0.15, 0.2) is 84.9 Å². The quantitative estimate of drug-likeness (QED) is 0.667. The molecule has 0 N–H and O–H groups in total. The molecule has 1 nitrogen and oxygen atoms in total. The number of para-hydroxylation sites is 2. The van der Waals surface area contributed by atoms with Crippen LogP contribution in [0, 0.1) is 0 Å². The second-order valence-corrected chi connectivity index (χ2v) is 6.26. The lowest BCUT2D eigenvalue weighted by molar-refractivity contribution is 0.982. The first kappa shape index (κ1) is 13.7. The first-order valence-electron chi connectivity index (χ1n) is 7.27. The maximum Gasteiger partial charge on any atom is 0.0480 e. The molecule has 0 heterocycles. The Hall–Kier alpha value is -2.32. The van der Waals surface area contributed by atoms with Gasteiger partial charge < -0.3 is 4.90 Å². The summed E-state index contributed by atoms with van der Waals surface area (Å²) < 4.78 is 0. The van der Waals surface area contributed by atoms with Gasteiger partial charge in [0.25, 0.3) is 0 Å². The molecule has 0 aliphatic carbocycles. The molecule has 0 aliphatic rings. The van der Waals surface area contributed by atoms with Crippen LogP contribution < -0.4 is 10.1 Å². The van der Waals surface area contributed by atoms with Crippen LogP contribution in [0.3, 0.4) is 0 Å². The van der Waals surface area contributed by atoms with E-state index in [1.54, 1.807) is 0 Å². The zero-order valence-corrected chi connectivity index (χ0v) is 14.2. The Morgan fingerprint density at radius 2 is 1.10 bits per heavy atom. The smallest absolute Gasteiger partial charge is 0.0480 e. The van der Waals surface area contributed by atoms with E-state index < -0.39 is 0 Å². The molecular formula is C19H19NSi. The summed E-state index contributed by atoms with van der Waals surface area (Å²) in [5.74, 6) is 0. The second-order valence-electron chi connectivity index (χ2n) is 5.18. The summed E-state index contributed by atoms with van der Waals surface area (Å²) in [6.07, 6.45) is 0. The number of anilines is 2. The van der Waals surface area contributed by atoms with E-state index >= 15 is 0 Å². The van der Waals surface area contributed by atoms with E-state index in [9.17, 15) is 0 Å². The van der Waals surface area contributed by atoms with Gasteiger partial charge in [0.05, 0.1) is 0 Å². The van der Waals surface area contributed by atoms with Gasteiger partial charge in [-0.2, -0.15) is 0 Å². The van der Waals surface area contributed by atoms with Crippen LogP contribution in [0.25, 0.3) is 0 Å². The maximum absolute atomic E-state index is 2.37. The Labute approximate surface area is 129 Å². The molecule has 0 fully saturated rings. The first-order valence-corrected chi connectivity index (χ1v) is 8.27. The van der Waals surface area contributed by atoms with Crippen LogP contribution in [0.1, 0.15) is 5.56 Å². The van der Waals surface area contributed by atoms with Gasteiger partial charge in [-0.3, -0.25) is 0 Å². The van der Waals surface area contributed by atoms with Crippen molar-refractivity contribution >= 4 is 26.8 Å². The molecule has 0 saturated heterocycles. The fourth-order valence-corrected chi connectivity index (χ4v) is 3.02. The number of hydrogen-bond acceptors (Lipinski definition) is 1. The average Bonchev–Trinajstić information content (AvgIpc) is 2.56. The summed E-state index contributed by atoms with van der Waals surface area (Å²) in [6.45, 7) is 0.910. The van der Waals surface area contributed by atoms with Crippen molar-refractivity contribution in [3.63, 3.8) is 0 Å². The summed E-state index contributed by atoms with van der Waals surface area (Å²) in [4.78, 5) is 2.37. The minimum Gasteiger partial charge on any atom is -0.337 e. The highest BCUT2D eigenvalue weighted by atomic mass is 28.1. The van der Waals surface area contributed by atoms with Crippen molar-refractivity contribution in [3.05, 3.63) is 90.5 Å². The highest BCUT2D eigenvalue weighted by molar-refractivity contribution is 6.33. The molecule has 0 saturated carbocycles. The number of hydrogen-bond donors (Lipinski definition) is 0. The van der Waals surface area contributed by atoms with Gasteiger partial charge in [0.2, 0.25) is 0 Å². The van der Waals surface area contributed by atoms with Gasteiger partial charge in [0.1, 0.15) is 0 Å². The zero-order chi connectivity index (χ0) is 14.5. The third-order valence-corrected chi connectivity index (χ3v) is 4.70. The molecule has 0 aromatic heterocycles. The second kappa shape index (κ2) is 6.42. The fourth-order valence-electron chi connectivity index (χ4n) is 2.51. The topological polar surface area (TPSA) is 3.24 Å². The monoisotopic (exact) mass is 289 g/mol. The number of rotatable bonds is 4. The number of nitrogens with zero attached hydrogens (tertiary/aromatic N) is 1. The molecule has 0 radical (unpaired) electrons. The minimum absolute atomic E-state index is 0.910. The van der Waals surface area contributed by atoms with Crippen LogP contribution in [0.2, 0.25) is 0 Å². The molecule has 21 heavy (non-hydrogen) atoms. The molecule has 0 amide bonds. The number of benzene rings is 3. The molecule has 2 heteroatoms. The fraction of sp³-hybridized carbons (Fsp3) is 0.0526. The van der Waals surface area contributed by atoms with Gasteiger partial charge in [-0.05, 0) is 29.8 Å². The van der Waals surface area contributed by atoms with E-state index in [1.165, 1.54) is 22.1 Å². The van der Waals surface area contributed by atoms with E-state index in [-0.39, 0.29) is 0 Å². The average molecular weight is 289 g/mol. The molecule has 0 spiro atoms. The summed E-state index contributed by atoms with van der Waals surface area (Å²) in [5, 5.41) is 1.47. The maximum atomic E-state index is 2.37. The summed E-state index contributed by atoms with van der Waals surface area (Å²) >= 11 is 0. The largest absolute Gasteiger partial charge is 0.337 e. The standard InChI is InChI=1S/C19H19NSi/c21-19-14-8-7-9-16(19)15-20(17-10-3-1-4-11-17)18-12-5-2-6-13-18/h1-14H,15H2,21H3. The van der Waals surface area contributed by atoms with Crippen LogP contribution in [0.5, 0.6) is 0 Å². The van der Waals surface area contributed by atoms with Gasteiger partial charge >= 0.3 is 0 Å². The Morgan fingerprint density at radius 3 is 1.62 bits per heavy atom. The summed E-state index contributed by atoms with van der Waals surface area (Å²) in [7, 11) is 1.08. The third-order valence-electron chi connectivity index (χ3n) is 3.73. The predicted molar refractivity (Wildman–Crippen MR) is 94.7 cm³/mol. The van der Waals surface area contributed by atoms with E-state index in [4.69, 9.17) is 0 Å². The Balaban J connectivity index is 1.99. The molecule has 3 aromatic rings. The van der Waals surface area contributed by atoms with Crippen molar-refractivity contribution in [1.29, 1.82) is 0 Å². The van der Waals surface area contributed by atoms with E-state index in [2.05, 4.69) is 89.8 Å². The van der Waals surface area contributed by atoms with E-state index in [1.807, 2.05) is 0 Å². The predicted octanol–water partition coefficient (Wildman–Crippen LogP) is 3.02. The van der Waals surface area contributed by atoms with Crippen molar-refractivity contribution in [2.75, 3.05) is 4.90 Å². The van der Waals surface area contributed by atoms with Crippen LogP contribution in [-0.4, -0.2) is 10.2 Å². The van der Waals surface area contributed by atoms with Crippen molar-refractivity contribution in [2.45, 2.75) is 6.54 Å². The molecule has 3 rings (SSSR count). The van der Waals surface area contributed by atoms with Crippen LogP contribution in [-0.2, 0) is 6.54 Å². The SMILES string of the molecule is [SiH3]c1ccccc1CN(c1ccccc1)c1ccccc1. The Morgan fingerprint density at radius 1 is 0.619 bits per heavy atom. The van der Waals surface area contributed by atoms with Gasteiger partial charge in [-0.15, -0.1) is 0 Å². The molecule has 3 aromatic carbocycles. The normalized spacial score (nSPS) is 10.5. The van der Waals surface area contributed by atoms with Gasteiger partial charge in [0, 0.05) is 28.2 Å². The van der Waals surface area contributed by atoms with Crippen molar-refractivity contribution in [1.82, 2.24) is 0 Å². The van der Waals surface area contributed by atoms with Gasteiger partial charge in [0.15, 0.2) is 0 Å². The Kier molecular flexibility index (Phi) is 4.17. The molecular weight excluding hydrogens is 270 g/mol. The van der Waals surface area contributed by atoms with E-state index in [0.29, 0.717) is 0 Å². The Bertz CT molecular complexity index is 656. The first-order chi connectivity index (χ1) is 10.3. The molecule has 104 valence electrons. The van der Waals surface area contributed by atoms with Crippen molar-refractivity contribution in [2.24, 2.45) is 0 Å². The lowest BCUT2D eigenvalue weighted by atomic mass is 10.1. The molecule has 0 atom stereocenters.